The first-order valence-corrected chi connectivity index (χ1v) is 7.57. The Bertz CT molecular complexity index is 581. The monoisotopic (exact) mass is 287 g/mol. The Labute approximate surface area is 123 Å². The van der Waals surface area contributed by atoms with Gasteiger partial charge in [0.2, 0.25) is 0 Å². The van der Waals surface area contributed by atoms with Crippen molar-refractivity contribution in [3.63, 3.8) is 0 Å². The minimum Gasteiger partial charge on any atom is -0.392 e. The Balaban J connectivity index is 2.01. The molecule has 0 aliphatic rings. The SMILES string of the molecule is CSc1ccccc1C(=O)NCc1ccc(CO)cc1. The first-order valence-electron chi connectivity index (χ1n) is 6.34. The molecule has 0 aliphatic heterocycles. The molecule has 2 aromatic carbocycles. The molecular weight excluding hydrogens is 270 g/mol. The molecule has 1 amide bonds. The van der Waals surface area contributed by atoms with E-state index in [1.807, 2.05) is 54.8 Å². The lowest BCUT2D eigenvalue weighted by Gasteiger charge is -2.09. The maximum atomic E-state index is 12.2. The average molecular weight is 287 g/mol. The van der Waals surface area contributed by atoms with E-state index in [1.54, 1.807) is 11.8 Å². The number of carbonyl (C=O) groups is 1. The molecule has 0 radical (unpaired) electrons. The molecule has 0 saturated heterocycles. The second kappa shape index (κ2) is 7.12. The van der Waals surface area contributed by atoms with Crippen LogP contribution in [0.3, 0.4) is 0 Å². The third kappa shape index (κ3) is 3.62. The van der Waals surface area contributed by atoms with Crippen molar-refractivity contribution in [3.05, 3.63) is 65.2 Å². The van der Waals surface area contributed by atoms with Crippen LogP contribution in [-0.2, 0) is 13.2 Å². The molecule has 0 heterocycles. The molecule has 20 heavy (non-hydrogen) atoms. The minimum atomic E-state index is -0.0683. The summed E-state index contributed by atoms with van der Waals surface area (Å²) in [6.45, 7) is 0.515. The predicted octanol–water partition coefficient (Wildman–Crippen LogP) is 2.83. The highest BCUT2D eigenvalue weighted by Crippen LogP contribution is 2.19. The standard InChI is InChI=1S/C16H17NO2S/c1-20-15-5-3-2-4-14(15)16(19)17-10-12-6-8-13(11-18)9-7-12/h2-9,18H,10-11H2,1H3,(H,17,19). The number of rotatable bonds is 5. The van der Waals surface area contributed by atoms with Gasteiger partial charge in [-0.1, -0.05) is 36.4 Å². The third-order valence-electron chi connectivity index (χ3n) is 3.01. The number of aliphatic hydroxyl groups is 1. The zero-order valence-electron chi connectivity index (χ0n) is 11.3. The summed E-state index contributed by atoms with van der Waals surface area (Å²) in [7, 11) is 0. The van der Waals surface area contributed by atoms with E-state index in [-0.39, 0.29) is 12.5 Å². The highest BCUT2D eigenvalue weighted by atomic mass is 32.2. The minimum absolute atomic E-state index is 0.0355. The van der Waals surface area contributed by atoms with Gasteiger partial charge in [-0.05, 0) is 29.5 Å². The highest BCUT2D eigenvalue weighted by Gasteiger charge is 2.09. The molecule has 3 nitrogen and oxygen atoms in total. The molecule has 0 spiro atoms. The molecule has 0 bridgehead atoms. The summed E-state index contributed by atoms with van der Waals surface area (Å²) >= 11 is 1.56. The van der Waals surface area contributed by atoms with Crippen LogP contribution >= 0.6 is 11.8 Å². The van der Waals surface area contributed by atoms with Crippen LogP contribution in [0, 0.1) is 0 Å². The molecule has 0 fully saturated rings. The quantitative estimate of drug-likeness (QED) is 0.831. The number of amides is 1. The molecule has 2 N–H and O–H groups in total. The molecule has 4 heteroatoms. The van der Waals surface area contributed by atoms with Crippen LogP contribution in [0.1, 0.15) is 21.5 Å². The normalized spacial score (nSPS) is 10.3. The molecule has 0 saturated carbocycles. The van der Waals surface area contributed by atoms with Crippen LogP contribution in [0.2, 0.25) is 0 Å². The molecule has 2 aromatic rings. The van der Waals surface area contributed by atoms with Gasteiger partial charge >= 0.3 is 0 Å². The van der Waals surface area contributed by atoms with Gasteiger partial charge in [-0.15, -0.1) is 11.8 Å². The van der Waals surface area contributed by atoms with Gasteiger partial charge in [0.25, 0.3) is 5.91 Å². The smallest absolute Gasteiger partial charge is 0.252 e. The molecule has 0 atom stereocenters. The van der Waals surface area contributed by atoms with Gasteiger partial charge in [0.05, 0.1) is 12.2 Å². The first-order chi connectivity index (χ1) is 9.74. The predicted molar refractivity (Wildman–Crippen MR) is 81.8 cm³/mol. The van der Waals surface area contributed by atoms with Gasteiger partial charge in [0, 0.05) is 11.4 Å². The fourth-order valence-electron chi connectivity index (χ4n) is 1.87. The van der Waals surface area contributed by atoms with E-state index in [0.29, 0.717) is 12.1 Å². The number of hydrogen-bond donors (Lipinski definition) is 2. The molecule has 0 aliphatic carbocycles. The van der Waals surface area contributed by atoms with E-state index in [2.05, 4.69) is 5.32 Å². The lowest BCUT2D eigenvalue weighted by atomic mass is 10.1. The number of thioether (sulfide) groups is 1. The van der Waals surface area contributed by atoms with Crippen molar-refractivity contribution >= 4 is 17.7 Å². The molecule has 0 unspecified atom stereocenters. The Morgan fingerprint density at radius 3 is 2.40 bits per heavy atom. The maximum absolute atomic E-state index is 12.2. The van der Waals surface area contributed by atoms with Gasteiger partial charge in [0.1, 0.15) is 0 Å². The Morgan fingerprint density at radius 2 is 1.75 bits per heavy atom. The van der Waals surface area contributed by atoms with Crippen molar-refractivity contribution < 1.29 is 9.90 Å². The van der Waals surface area contributed by atoms with Gasteiger partial charge < -0.3 is 10.4 Å². The second-order valence-electron chi connectivity index (χ2n) is 4.36. The summed E-state index contributed by atoms with van der Waals surface area (Å²) in [6, 6.07) is 15.1. The number of carbonyl (C=O) groups excluding carboxylic acids is 1. The van der Waals surface area contributed by atoms with E-state index in [0.717, 1.165) is 16.0 Å². The third-order valence-corrected chi connectivity index (χ3v) is 3.81. The van der Waals surface area contributed by atoms with Gasteiger partial charge in [0.15, 0.2) is 0 Å². The van der Waals surface area contributed by atoms with Crippen molar-refractivity contribution in [3.8, 4) is 0 Å². The fourth-order valence-corrected chi connectivity index (χ4v) is 2.47. The summed E-state index contributed by atoms with van der Waals surface area (Å²) in [5.74, 6) is -0.0683. The number of benzene rings is 2. The van der Waals surface area contributed by atoms with Crippen LogP contribution in [0.5, 0.6) is 0 Å². The summed E-state index contributed by atoms with van der Waals surface area (Å²) in [4.78, 5) is 13.1. The Morgan fingerprint density at radius 1 is 1.10 bits per heavy atom. The largest absolute Gasteiger partial charge is 0.392 e. The summed E-state index contributed by atoms with van der Waals surface area (Å²) in [5, 5.41) is 11.9. The molecule has 2 rings (SSSR count). The average Bonchev–Trinajstić information content (AvgIpc) is 2.53. The second-order valence-corrected chi connectivity index (χ2v) is 5.21. The van der Waals surface area contributed by atoms with E-state index in [4.69, 9.17) is 5.11 Å². The van der Waals surface area contributed by atoms with E-state index in [1.165, 1.54) is 0 Å². The summed E-state index contributed by atoms with van der Waals surface area (Å²) in [6.07, 6.45) is 1.96. The zero-order chi connectivity index (χ0) is 14.4. The van der Waals surface area contributed by atoms with Crippen LogP contribution in [-0.4, -0.2) is 17.3 Å². The lowest BCUT2D eigenvalue weighted by Crippen LogP contribution is -2.23. The molecule has 104 valence electrons. The molecule has 0 aromatic heterocycles. The van der Waals surface area contributed by atoms with Gasteiger partial charge in [-0.25, -0.2) is 0 Å². The van der Waals surface area contributed by atoms with E-state index < -0.39 is 0 Å². The van der Waals surface area contributed by atoms with Crippen LogP contribution in [0.25, 0.3) is 0 Å². The zero-order valence-corrected chi connectivity index (χ0v) is 12.1. The fraction of sp³-hybridized carbons (Fsp3) is 0.188. The summed E-state index contributed by atoms with van der Waals surface area (Å²) < 4.78 is 0. The van der Waals surface area contributed by atoms with Crippen LogP contribution in [0.15, 0.2) is 53.4 Å². The van der Waals surface area contributed by atoms with E-state index >= 15 is 0 Å². The Hall–Kier alpha value is -1.78. The van der Waals surface area contributed by atoms with E-state index in [9.17, 15) is 4.79 Å². The first kappa shape index (κ1) is 14.6. The Kier molecular flexibility index (Phi) is 5.21. The summed E-state index contributed by atoms with van der Waals surface area (Å²) in [5.41, 5.74) is 2.58. The van der Waals surface area contributed by atoms with Crippen molar-refractivity contribution in [2.45, 2.75) is 18.0 Å². The van der Waals surface area contributed by atoms with Gasteiger partial charge in [-0.2, -0.15) is 0 Å². The topological polar surface area (TPSA) is 49.3 Å². The molecular formula is C16H17NO2S. The lowest BCUT2D eigenvalue weighted by molar-refractivity contribution is 0.0948. The maximum Gasteiger partial charge on any atom is 0.252 e. The van der Waals surface area contributed by atoms with Gasteiger partial charge in [-0.3, -0.25) is 4.79 Å². The van der Waals surface area contributed by atoms with Crippen molar-refractivity contribution in [1.29, 1.82) is 0 Å². The van der Waals surface area contributed by atoms with Crippen molar-refractivity contribution in [2.24, 2.45) is 0 Å². The van der Waals surface area contributed by atoms with Crippen LogP contribution in [0.4, 0.5) is 0 Å². The number of nitrogens with one attached hydrogen (secondary N) is 1. The van der Waals surface area contributed by atoms with Crippen molar-refractivity contribution in [1.82, 2.24) is 5.32 Å². The highest BCUT2D eigenvalue weighted by molar-refractivity contribution is 7.98. The number of aliphatic hydroxyl groups excluding tert-OH is 1. The van der Waals surface area contributed by atoms with Crippen LogP contribution < -0.4 is 5.32 Å². The number of hydrogen-bond acceptors (Lipinski definition) is 3. The van der Waals surface area contributed by atoms with Crippen molar-refractivity contribution in [2.75, 3.05) is 6.26 Å².